The van der Waals surface area contributed by atoms with Gasteiger partial charge in [0.2, 0.25) is 0 Å². The molecule has 0 saturated carbocycles. The number of H-pyrrole nitrogens is 1. The number of fused-ring (bicyclic) bond motifs is 1. The van der Waals surface area contributed by atoms with E-state index in [1.807, 2.05) is 24.3 Å². The van der Waals surface area contributed by atoms with Gasteiger partial charge in [-0.3, -0.25) is 4.79 Å². The molecule has 2 aromatic heterocycles. The van der Waals surface area contributed by atoms with Crippen LogP contribution in [0.4, 0.5) is 0 Å². The van der Waals surface area contributed by atoms with Crippen LogP contribution in [0.25, 0.3) is 11.0 Å². The van der Waals surface area contributed by atoms with Crippen LogP contribution in [0.5, 0.6) is 0 Å². The average molecular weight is 268 g/mol. The molecule has 0 fully saturated rings. The van der Waals surface area contributed by atoms with Crippen LogP contribution in [-0.2, 0) is 0 Å². The molecule has 0 saturated heterocycles. The highest BCUT2D eigenvalue weighted by Crippen LogP contribution is 2.10. The number of imidazole rings is 1. The Labute approximate surface area is 114 Å². The van der Waals surface area contributed by atoms with E-state index in [1.54, 1.807) is 19.1 Å². The van der Waals surface area contributed by atoms with Crippen molar-refractivity contribution in [3.63, 3.8) is 0 Å². The second-order valence-electron chi connectivity index (χ2n) is 4.22. The maximum atomic E-state index is 11.7. The van der Waals surface area contributed by atoms with E-state index in [0.717, 1.165) is 11.0 Å². The summed E-state index contributed by atoms with van der Waals surface area (Å²) in [6.07, 6.45) is 1.44. The molecule has 0 radical (unpaired) electrons. The van der Waals surface area contributed by atoms with E-state index in [-0.39, 0.29) is 5.76 Å². The number of carbonyl (C=O) groups excluding carboxylic acids is 1. The number of benzene rings is 1. The Kier molecular flexibility index (Phi) is 3.04. The molecule has 20 heavy (non-hydrogen) atoms. The van der Waals surface area contributed by atoms with Crippen LogP contribution in [0.1, 0.15) is 23.3 Å². The number of rotatable bonds is 3. The van der Waals surface area contributed by atoms with E-state index in [2.05, 4.69) is 20.5 Å². The molecule has 1 amide bonds. The molecule has 6 nitrogen and oxygen atoms in total. The lowest BCUT2D eigenvalue weighted by molar-refractivity contribution is 0.0927. The lowest BCUT2D eigenvalue weighted by atomic mass is 10.3. The molecule has 1 aromatic carbocycles. The van der Waals surface area contributed by atoms with E-state index < -0.39 is 5.91 Å². The minimum absolute atomic E-state index is 0.214. The SMILES string of the molecule is CC(=NNC(=O)c1ccco1)c1nc2ccccc2[nH]1. The van der Waals surface area contributed by atoms with Crippen molar-refractivity contribution in [1.29, 1.82) is 0 Å². The number of nitrogens with zero attached hydrogens (tertiary/aromatic N) is 2. The van der Waals surface area contributed by atoms with Crippen LogP contribution in [0.2, 0.25) is 0 Å². The minimum atomic E-state index is -0.398. The molecule has 0 bridgehead atoms. The van der Waals surface area contributed by atoms with E-state index in [0.29, 0.717) is 11.5 Å². The summed E-state index contributed by atoms with van der Waals surface area (Å²) in [5.41, 5.74) is 4.79. The number of carbonyl (C=O) groups is 1. The first-order chi connectivity index (χ1) is 9.74. The normalized spacial score (nSPS) is 11.8. The van der Waals surface area contributed by atoms with Crippen LogP contribution in [0.15, 0.2) is 52.2 Å². The fraction of sp³-hybridized carbons (Fsp3) is 0.0714. The van der Waals surface area contributed by atoms with Gasteiger partial charge in [-0.15, -0.1) is 0 Å². The number of hydrogen-bond acceptors (Lipinski definition) is 4. The summed E-state index contributed by atoms with van der Waals surface area (Å²) >= 11 is 0. The van der Waals surface area contributed by atoms with Crippen molar-refractivity contribution in [2.75, 3.05) is 0 Å². The first kappa shape index (κ1) is 12.2. The Balaban J connectivity index is 1.79. The third-order valence-corrected chi connectivity index (χ3v) is 2.80. The van der Waals surface area contributed by atoms with Crippen molar-refractivity contribution in [1.82, 2.24) is 15.4 Å². The van der Waals surface area contributed by atoms with Gasteiger partial charge in [0, 0.05) is 0 Å². The fourth-order valence-corrected chi connectivity index (χ4v) is 1.77. The van der Waals surface area contributed by atoms with E-state index >= 15 is 0 Å². The van der Waals surface area contributed by atoms with Crippen molar-refractivity contribution >= 4 is 22.7 Å². The zero-order valence-corrected chi connectivity index (χ0v) is 10.8. The van der Waals surface area contributed by atoms with Gasteiger partial charge in [0.15, 0.2) is 11.6 Å². The zero-order valence-electron chi connectivity index (χ0n) is 10.8. The molecule has 0 unspecified atom stereocenters. The van der Waals surface area contributed by atoms with Gasteiger partial charge in [-0.25, -0.2) is 10.4 Å². The van der Waals surface area contributed by atoms with Crippen molar-refractivity contribution < 1.29 is 9.21 Å². The maximum Gasteiger partial charge on any atom is 0.307 e. The highest BCUT2D eigenvalue weighted by Gasteiger charge is 2.09. The first-order valence-electron chi connectivity index (χ1n) is 6.07. The van der Waals surface area contributed by atoms with Crippen LogP contribution in [-0.4, -0.2) is 21.6 Å². The average Bonchev–Trinajstić information content (AvgIpc) is 3.12. The third kappa shape index (κ3) is 2.31. The van der Waals surface area contributed by atoms with Crippen LogP contribution < -0.4 is 5.43 Å². The minimum Gasteiger partial charge on any atom is -0.459 e. The number of amides is 1. The van der Waals surface area contributed by atoms with Gasteiger partial charge >= 0.3 is 5.91 Å². The highest BCUT2D eigenvalue weighted by molar-refractivity contribution is 5.99. The largest absolute Gasteiger partial charge is 0.459 e. The molecule has 0 aliphatic carbocycles. The summed E-state index contributed by atoms with van der Waals surface area (Å²) in [5, 5.41) is 4.01. The van der Waals surface area contributed by atoms with Gasteiger partial charge in [-0.2, -0.15) is 5.10 Å². The lowest BCUT2D eigenvalue weighted by Gasteiger charge is -1.97. The highest BCUT2D eigenvalue weighted by atomic mass is 16.3. The lowest BCUT2D eigenvalue weighted by Crippen LogP contribution is -2.19. The Morgan fingerprint density at radius 2 is 2.15 bits per heavy atom. The molecule has 0 aliphatic heterocycles. The van der Waals surface area contributed by atoms with Crippen molar-refractivity contribution in [2.45, 2.75) is 6.92 Å². The molecule has 6 heteroatoms. The van der Waals surface area contributed by atoms with Gasteiger partial charge in [0.05, 0.1) is 17.3 Å². The second-order valence-corrected chi connectivity index (χ2v) is 4.22. The molecule has 0 aliphatic rings. The molecule has 3 rings (SSSR count). The van der Waals surface area contributed by atoms with Gasteiger partial charge in [0.1, 0.15) is 5.71 Å². The topological polar surface area (TPSA) is 83.3 Å². The van der Waals surface area contributed by atoms with Gasteiger partial charge < -0.3 is 9.40 Å². The van der Waals surface area contributed by atoms with Gasteiger partial charge in [0.25, 0.3) is 0 Å². The molecule has 3 aromatic rings. The monoisotopic (exact) mass is 268 g/mol. The molecule has 2 heterocycles. The number of para-hydroxylation sites is 2. The quantitative estimate of drug-likeness (QED) is 0.564. The summed E-state index contributed by atoms with van der Waals surface area (Å²) < 4.78 is 4.98. The Morgan fingerprint density at radius 3 is 2.90 bits per heavy atom. The molecular formula is C14H12N4O2. The molecular weight excluding hydrogens is 256 g/mol. The van der Waals surface area contributed by atoms with Crippen LogP contribution in [0, 0.1) is 0 Å². The number of nitrogens with one attached hydrogen (secondary N) is 2. The number of hydrazone groups is 1. The summed E-state index contributed by atoms with van der Waals surface area (Å²) in [6, 6.07) is 10.9. The molecule has 2 N–H and O–H groups in total. The Hall–Kier alpha value is -2.89. The summed E-state index contributed by atoms with van der Waals surface area (Å²) in [6.45, 7) is 1.76. The van der Waals surface area contributed by atoms with Crippen molar-refractivity contribution in [3.05, 3.63) is 54.2 Å². The predicted molar refractivity (Wildman–Crippen MR) is 74.5 cm³/mol. The van der Waals surface area contributed by atoms with Crippen molar-refractivity contribution in [2.24, 2.45) is 5.10 Å². The Morgan fingerprint density at radius 1 is 1.30 bits per heavy atom. The van der Waals surface area contributed by atoms with E-state index in [9.17, 15) is 4.79 Å². The number of aromatic amines is 1. The smallest absolute Gasteiger partial charge is 0.307 e. The number of furan rings is 1. The third-order valence-electron chi connectivity index (χ3n) is 2.80. The molecule has 0 atom stereocenters. The standard InChI is InChI=1S/C14H12N4O2/c1-9(17-18-14(19)12-7-4-8-20-12)13-15-10-5-2-3-6-11(10)16-13/h2-8H,1H3,(H,15,16)(H,18,19). The first-order valence-corrected chi connectivity index (χ1v) is 6.07. The second kappa shape index (κ2) is 5.00. The van der Waals surface area contributed by atoms with Gasteiger partial charge in [-0.1, -0.05) is 12.1 Å². The zero-order chi connectivity index (χ0) is 13.9. The summed E-state index contributed by atoms with van der Waals surface area (Å²) in [5.74, 6) is 0.433. The van der Waals surface area contributed by atoms with Crippen molar-refractivity contribution in [3.8, 4) is 0 Å². The molecule has 0 spiro atoms. The number of aromatic nitrogens is 2. The molecule has 100 valence electrons. The van der Waals surface area contributed by atoms with E-state index in [4.69, 9.17) is 4.42 Å². The maximum absolute atomic E-state index is 11.7. The Bertz CT molecular complexity index is 738. The predicted octanol–water partition coefficient (Wildman–Crippen LogP) is 2.31. The number of hydrogen-bond donors (Lipinski definition) is 2. The van der Waals surface area contributed by atoms with Crippen LogP contribution in [0.3, 0.4) is 0 Å². The van der Waals surface area contributed by atoms with Gasteiger partial charge in [-0.05, 0) is 31.2 Å². The fourth-order valence-electron chi connectivity index (χ4n) is 1.77. The summed E-state index contributed by atoms with van der Waals surface area (Å²) in [4.78, 5) is 19.2. The van der Waals surface area contributed by atoms with Crippen LogP contribution >= 0.6 is 0 Å². The summed E-state index contributed by atoms with van der Waals surface area (Å²) in [7, 11) is 0. The van der Waals surface area contributed by atoms with E-state index in [1.165, 1.54) is 6.26 Å².